The molecule has 19 heavy (non-hydrogen) atoms. The minimum Gasteiger partial charge on any atom is -0.267 e. The van der Waals surface area contributed by atoms with E-state index in [1.165, 1.54) is 18.6 Å². The molecule has 0 unspecified atom stereocenters. The van der Waals surface area contributed by atoms with Gasteiger partial charge in [-0.15, -0.1) is 0 Å². The average molecular weight is 315 g/mol. The summed E-state index contributed by atoms with van der Waals surface area (Å²) in [5.74, 6) is 0. The lowest BCUT2D eigenvalue weighted by Gasteiger charge is -2.12. The summed E-state index contributed by atoms with van der Waals surface area (Å²) >= 11 is 17.7. The van der Waals surface area contributed by atoms with E-state index in [0.717, 1.165) is 0 Å². The molecule has 0 amide bonds. The highest BCUT2D eigenvalue weighted by molar-refractivity contribution is 6.53. The Morgan fingerprint density at radius 3 is 1.21 bits per heavy atom. The molecule has 3 rings (SSSR count). The van der Waals surface area contributed by atoms with Gasteiger partial charge in [0.2, 0.25) is 0 Å². The molecule has 6 nitrogen and oxygen atoms in total. The molecule has 0 N–H and O–H groups in total. The van der Waals surface area contributed by atoms with Crippen molar-refractivity contribution in [3.05, 3.63) is 52.2 Å². The molecule has 0 aliphatic heterocycles. The Kier molecular flexibility index (Phi) is 3.26. The summed E-state index contributed by atoms with van der Waals surface area (Å²) in [5.41, 5.74) is 0. The molecule has 0 fully saturated rings. The van der Waals surface area contributed by atoms with Crippen LogP contribution >= 0.6 is 34.8 Å². The molecule has 0 radical (unpaired) electrons. The first-order chi connectivity index (χ1) is 9.13. The number of nitrogens with zero attached hydrogens (tertiary/aromatic N) is 6. The maximum atomic E-state index is 5.90. The van der Waals surface area contributed by atoms with Crippen molar-refractivity contribution in [2.24, 2.45) is 0 Å². The fourth-order valence-corrected chi connectivity index (χ4v) is 2.12. The van der Waals surface area contributed by atoms with Crippen molar-refractivity contribution < 1.29 is 0 Å². The molecule has 96 valence electrons. The fraction of sp³-hybridized carbons (Fsp3) is 0. The smallest absolute Gasteiger partial charge is 0.267 e. The molecule has 0 saturated carbocycles. The number of rotatable bonds is 3. The molecule has 0 aliphatic carbocycles. The Morgan fingerprint density at radius 2 is 1.00 bits per heavy atom. The molecule has 3 heterocycles. The van der Waals surface area contributed by atoms with Gasteiger partial charge >= 0.3 is 7.12 Å². The van der Waals surface area contributed by atoms with Crippen molar-refractivity contribution in [1.82, 2.24) is 29.1 Å². The number of hydrogen-bond acceptors (Lipinski definition) is 3. The maximum Gasteiger partial charge on any atom is 0.568 e. The van der Waals surface area contributed by atoms with Gasteiger partial charge in [-0.1, -0.05) is 34.8 Å². The Bertz CT molecular complexity index is 609. The lowest BCUT2D eigenvalue weighted by Crippen LogP contribution is -2.42. The van der Waals surface area contributed by atoms with Gasteiger partial charge < -0.3 is 0 Å². The normalized spacial score (nSPS) is 10.9. The number of aromatic nitrogens is 6. The van der Waals surface area contributed by atoms with Crippen LogP contribution in [0.2, 0.25) is 15.1 Å². The quantitative estimate of drug-likeness (QED) is 0.696. The van der Waals surface area contributed by atoms with Gasteiger partial charge in [0.1, 0.15) is 0 Å². The van der Waals surface area contributed by atoms with Crippen molar-refractivity contribution in [3.63, 3.8) is 0 Å². The average Bonchev–Trinajstić information content (AvgIpc) is 3.05. The van der Waals surface area contributed by atoms with Crippen LogP contribution in [0.1, 0.15) is 0 Å². The van der Waals surface area contributed by atoms with Crippen LogP contribution in [0.25, 0.3) is 0 Å². The second kappa shape index (κ2) is 4.92. The summed E-state index contributed by atoms with van der Waals surface area (Å²) in [6, 6.07) is 0. The van der Waals surface area contributed by atoms with Gasteiger partial charge in [-0.25, -0.2) is 0 Å². The highest BCUT2D eigenvalue weighted by atomic mass is 35.5. The molecule has 0 bridgehead atoms. The van der Waals surface area contributed by atoms with Crippen molar-refractivity contribution in [3.8, 4) is 0 Å². The van der Waals surface area contributed by atoms with E-state index in [1.807, 2.05) is 0 Å². The second-order valence-electron chi connectivity index (χ2n) is 3.76. The Hall–Kier alpha value is -1.44. The molecule has 0 aromatic carbocycles. The van der Waals surface area contributed by atoms with Gasteiger partial charge in [-0.05, 0) is 0 Å². The zero-order valence-electron chi connectivity index (χ0n) is 9.36. The predicted molar refractivity (Wildman–Crippen MR) is 73.7 cm³/mol. The monoisotopic (exact) mass is 314 g/mol. The van der Waals surface area contributed by atoms with Gasteiger partial charge in [-0.3, -0.25) is 13.8 Å². The summed E-state index contributed by atoms with van der Waals surface area (Å²) in [6.45, 7) is 0. The topological polar surface area (TPSA) is 53.5 Å². The van der Waals surface area contributed by atoms with Crippen LogP contribution < -0.4 is 0 Å². The highest BCUT2D eigenvalue weighted by Gasteiger charge is 2.27. The number of hydrogen-bond donors (Lipinski definition) is 0. The first kappa shape index (κ1) is 12.6. The van der Waals surface area contributed by atoms with Crippen molar-refractivity contribution in [2.75, 3.05) is 0 Å². The molecular weight excluding hydrogens is 309 g/mol. The molecule has 0 saturated heterocycles. The summed E-state index contributed by atoms with van der Waals surface area (Å²) in [5, 5.41) is 14.0. The molecule has 10 heteroatoms. The second-order valence-corrected chi connectivity index (χ2v) is 5.07. The van der Waals surface area contributed by atoms with Gasteiger partial charge in [0, 0.05) is 18.6 Å². The van der Waals surface area contributed by atoms with E-state index in [9.17, 15) is 0 Å². The van der Waals surface area contributed by atoms with Crippen LogP contribution in [0, 0.1) is 0 Å². The van der Waals surface area contributed by atoms with Gasteiger partial charge in [0.05, 0.1) is 33.7 Å². The van der Waals surface area contributed by atoms with Crippen LogP contribution in [0.3, 0.4) is 0 Å². The van der Waals surface area contributed by atoms with E-state index in [4.69, 9.17) is 34.8 Å². The van der Waals surface area contributed by atoms with Crippen molar-refractivity contribution in [1.29, 1.82) is 0 Å². The maximum absolute atomic E-state index is 5.90. The largest absolute Gasteiger partial charge is 0.568 e. The Morgan fingerprint density at radius 1 is 0.684 bits per heavy atom. The van der Waals surface area contributed by atoms with Crippen molar-refractivity contribution in [2.45, 2.75) is 0 Å². The van der Waals surface area contributed by atoms with Crippen LogP contribution in [0.4, 0.5) is 0 Å². The minimum atomic E-state index is -0.465. The SMILES string of the molecule is Clc1cnn(B(n2cc(Cl)cn2)n2cc(Cl)cn2)c1. The van der Waals surface area contributed by atoms with E-state index < -0.39 is 7.12 Å². The van der Waals surface area contributed by atoms with Crippen LogP contribution in [-0.4, -0.2) is 36.2 Å². The lowest BCUT2D eigenvalue weighted by molar-refractivity contribution is 0.771. The van der Waals surface area contributed by atoms with Crippen LogP contribution in [0.5, 0.6) is 0 Å². The zero-order chi connectivity index (χ0) is 13.4. The van der Waals surface area contributed by atoms with E-state index >= 15 is 0 Å². The summed E-state index contributed by atoms with van der Waals surface area (Å²) in [6.07, 6.45) is 9.59. The third-order valence-electron chi connectivity index (χ3n) is 2.42. The summed E-state index contributed by atoms with van der Waals surface area (Å²) < 4.78 is 4.82. The third kappa shape index (κ3) is 2.49. The van der Waals surface area contributed by atoms with Gasteiger partial charge in [0.25, 0.3) is 0 Å². The van der Waals surface area contributed by atoms with Crippen molar-refractivity contribution >= 4 is 41.9 Å². The lowest BCUT2D eigenvalue weighted by atomic mass is 9.96. The standard InChI is InChI=1S/C9H6BCl3N6/c11-7-1-14-17(4-7)10(18-5-8(12)2-15-18)19-6-9(13)3-16-19/h1-6H. The molecule has 0 atom stereocenters. The molecule has 0 aliphatic rings. The fourth-order valence-electron chi connectivity index (χ4n) is 1.69. The zero-order valence-corrected chi connectivity index (χ0v) is 11.6. The Balaban J connectivity index is 2.10. The predicted octanol–water partition coefficient (Wildman–Crippen LogP) is 2.17. The Labute approximate surface area is 123 Å². The summed E-state index contributed by atoms with van der Waals surface area (Å²) in [7, 11) is -0.465. The van der Waals surface area contributed by atoms with E-state index in [0.29, 0.717) is 15.1 Å². The van der Waals surface area contributed by atoms with Gasteiger partial charge in [-0.2, -0.15) is 15.3 Å². The first-order valence-corrected chi connectivity index (χ1v) is 6.36. The third-order valence-corrected chi connectivity index (χ3v) is 3.01. The minimum absolute atomic E-state index is 0.465. The molecular formula is C9H6BCl3N6. The summed E-state index contributed by atoms with van der Waals surface area (Å²) in [4.78, 5) is 0. The van der Waals surface area contributed by atoms with E-state index in [1.54, 1.807) is 32.4 Å². The number of halogens is 3. The molecule has 0 spiro atoms. The van der Waals surface area contributed by atoms with E-state index in [2.05, 4.69) is 15.3 Å². The van der Waals surface area contributed by atoms with Gasteiger partial charge in [0.15, 0.2) is 0 Å². The molecule has 3 aromatic rings. The molecule has 3 aromatic heterocycles. The van der Waals surface area contributed by atoms with E-state index in [-0.39, 0.29) is 0 Å². The van der Waals surface area contributed by atoms with Crippen LogP contribution in [-0.2, 0) is 0 Å². The van der Waals surface area contributed by atoms with Crippen LogP contribution in [0.15, 0.2) is 37.2 Å². The first-order valence-electron chi connectivity index (χ1n) is 5.22. The highest BCUT2D eigenvalue weighted by Crippen LogP contribution is 2.12.